The van der Waals surface area contributed by atoms with Crippen LogP contribution in [0.25, 0.3) is 10.9 Å². The van der Waals surface area contributed by atoms with Crippen LogP contribution in [0.1, 0.15) is 81.9 Å². The van der Waals surface area contributed by atoms with Gasteiger partial charge in [-0.05, 0) is 54.2 Å². The number of para-hydroxylation sites is 1. The Morgan fingerprint density at radius 2 is 1.37 bits per heavy atom. The molecular formula is C48H62N8O15S2. The minimum Gasteiger partial charge on any atom is -0.368 e. The number of likely N-dealkylation sites (tertiary alicyclic amines) is 1. The van der Waals surface area contributed by atoms with Crippen LogP contribution in [0.2, 0.25) is 0 Å². The molecule has 0 saturated carbocycles. The van der Waals surface area contributed by atoms with E-state index in [0.717, 1.165) is 15.8 Å². The van der Waals surface area contributed by atoms with Crippen molar-refractivity contribution in [2.24, 2.45) is 5.73 Å². The van der Waals surface area contributed by atoms with Crippen molar-refractivity contribution in [1.29, 1.82) is 0 Å². The van der Waals surface area contributed by atoms with Crippen LogP contribution in [0, 0.1) is 0 Å². The summed E-state index contributed by atoms with van der Waals surface area (Å²) in [5, 5.41) is 13.9. The average molecular weight is 1060 g/mol. The normalized spacial score (nSPS) is 16.4. The van der Waals surface area contributed by atoms with Crippen LogP contribution < -0.4 is 36.5 Å². The highest BCUT2D eigenvalue weighted by molar-refractivity contribution is 7.81. The number of unbranched alkanes of at least 4 members (excludes halogenated alkanes) is 2. The van der Waals surface area contributed by atoms with E-state index in [4.69, 9.17) is 14.5 Å². The number of aromatic nitrogens is 1. The van der Waals surface area contributed by atoms with E-state index in [1.165, 1.54) is 24.3 Å². The van der Waals surface area contributed by atoms with E-state index in [9.17, 15) is 55.0 Å². The molecule has 0 radical (unpaired) electrons. The van der Waals surface area contributed by atoms with Gasteiger partial charge in [-0.2, -0.15) is 16.8 Å². The number of carbonyl (C=O) groups is 7. The molecule has 1 saturated heterocycles. The number of fused-ring (bicyclic) bond motifs is 1. The largest absolute Gasteiger partial charge is 0.446 e. The van der Waals surface area contributed by atoms with Crippen LogP contribution in [0.5, 0.6) is 5.75 Å². The quantitative estimate of drug-likeness (QED) is 0.0364. The number of benzene rings is 3. The van der Waals surface area contributed by atoms with Gasteiger partial charge in [0.05, 0.1) is 12.6 Å². The predicted molar refractivity (Wildman–Crippen MR) is 265 cm³/mol. The van der Waals surface area contributed by atoms with Gasteiger partial charge in [0, 0.05) is 49.3 Å². The van der Waals surface area contributed by atoms with Gasteiger partial charge in [-0.3, -0.25) is 42.7 Å². The lowest BCUT2D eigenvalue weighted by Gasteiger charge is -2.30. The summed E-state index contributed by atoms with van der Waals surface area (Å²) in [7, 11) is -9.78. The molecule has 3 aromatic carbocycles. The summed E-state index contributed by atoms with van der Waals surface area (Å²) in [6, 6.07) is 15.0. The van der Waals surface area contributed by atoms with E-state index in [1.54, 1.807) is 54.7 Å². The number of carbonyl (C=O) groups excluding carboxylic acids is 7. The molecular weight excluding hydrogens is 993 g/mol. The molecule has 1 unspecified atom stereocenters. The number of nitrogens with two attached hydrogens (primary N) is 1. The van der Waals surface area contributed by atoms with Gasteiger partial charge in [0.1, 0.15) is 36.0 Å². The van der Waals surface area contributed by atoms with Gasteiger partial charge in [0.15, 0.2) is 0 Å². The van der Waals surface area contributed by atoms with Crippen LogP contribution in [-0.2, 0) is 77.8 Å². The second kappa shape index (κ2) is 26.7. The fraction of sp³-hybridized carbons (Fsp3) is 0.438. The van der Waals surface area contributed by atoms with Crippen molar-refractivity contribution in [1.82, 2.24) is 36.5 Å². The zero-order valence-electron chi connectivity index (χ0n) is 40.3. The molecule has 0 bridgehead atoms. The Morgan fingerprint density at radius 1 is 0.726 bits per heavy atom. The van der Waals surface area contributed by atoms with E-state index < -0.39 is 118 Å². The Kier molecular flexibility index (Phi) is 20.8. The summed E-state index contributed by atoms with van der Waals surface area (Å²) in [5.74, 6) is -5.50. The van der Waals surface area contributed by atoms with Crippen LogP contribution in [0.3, 0.4) is 0 Å². The maximum absolute atomic E-state index is 14.6. The molecule has 1 aliphatic heterocycles. The molecule has 7 amide bonds. The Morgan fingerprint density at radius 3 is 2.01 bits per heavy atom. The average Bonchev–Trinajstić information content (AvgIpc) is 3.95. The van der Waals surface area contributed by atoms with Crippen LogP contribution in [0.4, 0.5) is 0 Å². The van der Waals surface area contributed by atoms with Crippen molar-refractivity contribution in [3.05, 3.63) is 102 Å². The fourth-order valence-electron chi connectivity index (χ4n) is 8.31. The summed E-state index contributed by atoms with van der Waals surface area (Å²) in [4.78, 5) is 99.9. The molecule has 1 fully saturated rings. The van der Waals surface area contributed by atoms with E-state index in [1.807, 2.05) is 19.9 Å². The summed E-state index contributed by atoms with van der Waals surface area (Å²) in [6.07, 6.45) is 2.29. The summed E-state index contributed by atoms with van der Waals surface area (Å²) in [5.41, 5.74) is 8.29. The van der Waals surface area contributed by atoms with Crippen LogP contribution >= 0.6 is 0 Å². The SMILES string of the molecule is CCCC[C@H](NC(=O)CCc1ccc(OS(=O)(=O)O)cc1)C(=O)NCC(=O)N[C@@H](Cc1c[nH]c2ccccc12)C(=O)N[C@@H](CCCC)C(=O)N1CC(OS(=O)(=O)O)C[C@H]1C(=O)N[C@@H](Cc1ccccc1)C(N)=O. The summed E-state index contributed by atoms with van der Waals surface area (Å²) >= 11 is 0. The maximum Gasteiger partial charge on any atom is 0.446 e. The van der Waals surface area contributed by atoms with E-state index in [-0.39, 0.29) is 44.3 Å². The molecule has 0 aliphatic carbocycles. The van der Waals surface area contributed by atoms with Crippen molar-refractivity contribution < 1.29 is 67.9 Å². The molecule has 6 atom stereocenters. The maximum atomic E-state index is 14.6. The number of aryl methyl sites for hydroxylation is 1. The van der Waals surface area contributed by atoms with Gasteiger partial charge in [-0.15, -0.1) is 0 Å². The highest BCUT2D eigenvalue weighted by Gasteiger charge is 2.45. The molecule has 1 aliphatic rings. The Bertz CT molecular complexity index is 2790. The Labute approximate surface area is 423 Å². The number of amides is 7. The van der Waals surface area contributed by atoms with Crippen molar-refractivity contribution in [2.45, 2.75) is 121 Å². The molecule has 1 aromatic heterocycles. The first-order valence-corrected chi connectivity index (χ1v) is 26.4. The van der Waals surface area contributed by atoms with Gasteiger partial charge in [-0.25, -0.2) is 4.18 Å². The topological polar surface area (TPSA) is 352 Å². The van der Waals surface area contributed by atoms with Crippen LogP contribution in [0.15, 0.2) is 85.1 Å². The summed E-state index contributed by atoms with van der Waals surface area (Å²) < 4.78 is 73.3. The van der Waals surface area contributed by atoms with E-state index in [2.05, 4.69) is 35.8 Å². The minimum atomic E-state index is -5.07. The number of aromatic amines is 1. The number of nitrogens with zero attached hydrogens (tertiary/aromatic N) is 1. The fourth-order valence-corrected chi connectivity index (χ4v) is 9.15. The highest BCUT2D eigenvalue weighted by Crippen LogP contribution is 2.25. The van der Waals surface area contributed by atoms with Crippen molar-refractivity contribution in [2.75, 3.05) is 13.1 Å². The third-order valence-electron chi connectivity index (χ3n) is 11.9. The molecule has 4 aromatic rings. The Hall–Kier alpha value is -6.93. The van der Waals surface area contributed by atoms with E-state index in [0.29, 0.717) is 42.4 Å². The lowest BCUT2D eigenvalue weighted by Crippen LogP contribution is -2.58. The number of rotatable bonds is 28. The van der Waals surface area contributed by atoms with Crippen molar-refractivity contribution >= 4 is 73.1 Å². The van der Waals surface area contributed by atoms with E-state index >= 15 is 0 Å². The molecule has 23 nitrogen and oxygen atoms in total. The molecule has 25 heteroatoms. The first-order chi connectivity index (χ1) is 34.6. The second-order valence-electron chi connectivity index (χ2n) is 17.6. The third-order valence-corrected chi connectivity index (χ3v) is 12.9. The lowest BCUT2D eigenvalue weighted by atomic mass is 10.0. The number of H-pyrrole nitrogens is 1. The standard InChI is InChI=1S/C48H62N8O15S2/c1-3-5-15-37(52-42(57)23-20-30-18-21-33(22-19-30)70-72(64,65)66)45(60)51-28-43(58)53-40(25-32-27-50-36-17-11-10-14-35(32)36)46(61)54-38(16-6-4-2)48(63)56-29-34(71-73(67,68)69)26-41(56)47(62)55-39(44(49)59)24-31-12-8-7-9-13-31/h7-14,17-19,21-22,27,34,37-41,50H,3-6,15-16,20,23-26,28-29H2,1-2H3,(H2,49,59)(H,51,60)(H,52,57)(H,53,58)(H,54,61)(H,55,62)(H,64,65,66)(H,67,68,69)/t34?,37-,38-,39-,40-,41-/m0/s1. The zero-order valence-corrected chi connectivity index (χ0v) is 41.9. The monoisotopic (exact) mass is 1050 g/mol. The third kappa shape index (κ3) is 18.3. The smallest absolute Gasteiger partial charge is 0.368 e. The zero-order chi connectivity index (χ0) is 53.3. The van der Waals surface area contributed by atoms with Gasteiger partial charge >= 0.3 is 20.8 Å². The molecule has 5 rings (SSSR count). The number of hydrogen-bond acceptors (Lipinski definition) is 13. The second-order valence-corrected chi connectivity index (χ2v) is 19.6. The van der Waals surface area contributed by atoms with Gasteiger partial charge in [0.2, 0.25) is 41.4 Å². The van der Waals surface area contributed by atoms with Gasteiger partial charge in [0.25, 0.3) is 0 Å². The Balaban J connectivity index is 1.31. The van der Waals surface area contributed by atoms with Crippen LogP contribution in [-0.4, -0.2) is 127 Å². The highest BCUT2D eigenvalue weighted by atomic mass is 32.3. The lowest BCUT2D eigenvalue weighted by molar-refractivity contribution is -0.142. The van der Waals surface area contributed by atoms with Gasteiger partial charge in [-0.1, -0.05) is 100 Å². The van der Waals surface area contributed by atoms with Crippen molar-refractivity contribution in [3.8, 4) is 5.75 Å². The number of nitrogens with one attached hydrogen (secondary N) is 6. The first-order valence-electron chi connectivity index (χ1n) is 23.7. The number of hydrogen-bond donors (Lipinski definition) is 9. The molecule has 396 valence electrons. The first kappa shape index (κ1) is 57.0. The molecule has 73 heavy (non-hydrogen) atoms. The van der Waals surface area contributed by atoms with Gasteiger partial charge < -0.3 is 46.4 Å². The van der Waals surface area contributed by atoms with Crippen molar-refractivity contribution in [3.63, 3.8) is 0 Å². The summed E-state index contributed by atoms with van der Waals surface area (Å²) in [6.45, 7) is 2.59. The molecule has 0 spiro atoms. The predicted octanol–water partition coefficient (Wildman–Crippen LogP) is 1.48. The molecule has 2 heterocycles. The number of primary amides is 1. The molecule has 10 N–H and O–H groups in total. The minimum absolute atomic E-state index is 0.00639.